The minimum absolute atomic E-state index is 0.0305. The molecule has 0 radical (unpaired) electrons. The topological polar surface area (TPSA) is 42.2 Å². The second-order valence-electron chi connectivity index (χ2n) is 5.42. The molecule has 27 heavy (non-hydrogen) atoms. The van der Waals surface area contributed by atoms with E-state index >= 15 is 0 Å². The van der Waals surface area contributed by atoms with Crippen LogP contribution in [0, 0.1) is 17.5 Å². The van der Waals surface area contributed by atoms with Gasteiger partial charge in [-0.05, 0) is 36.4 Å². The number of alkyl halides is 3. The lowest BCUT2D eigenvalue weighted by Gasteiger charge is -2.07. The summed E-state index contributed by atoms with van der Waals surface area (Å²) in [6.07, 6.45) is -4.55. The summed E-state index contributed by atoms with van der Waals surface area (Å²) in [4.78, 5) is 12.1. The molecule has 1 amide bonds. The molecule has 0 saturated heterocycles. The van der Waals surface area contributed by atoms with Crippen molar-refractivity contribution in [1.82, 2.24) is 0 Å². The summed E-state index contributed by atoms with van der Waals surface area (Å²) in [6, 6.07) is 8.12. The predicted octanol–water partition coefficient (Wildman–Crippen LogP) is 5.64. The Bertz CT molecular complexity index is 1010. The summed E-state index contributed by atoms with van der Waals surface area (Å²) < 4.78 is 83.2. The standard InChI is InChI=1S/C18H9F6NO2/c19-11-4-5-12(16(21)15(11)20)25-17(26)14-7-6-13(27-14)9-2-1-3-10(8-9)18(22,23)24/h1-8H,(H,25,26). The first kappa shape index (κ1) is 18.6. The van der Waals surface area contributed by atoms with Gasteiger partial charge in [-0.1, -0.05) is 12.1 Å². The van der Waals surface area contributed by atoms with Gasteiger partial charge in [-0.25, -0.2) is 13.2 Å². The van der Waals surface area contributed by atoms with E-state index in [0.29, 0.717) is 6.07 Å². The highest BCUT2D eigenvalue weighted by Crippen LogP contribution is 2.32. The molecule has 3 nitrogen and oxygen atoms in total. The van der Waals surface area contributed by atoms with Crippen LogP contribution in [-0.4, -0.2) is 5.91 Å². The molecule has 140 valence electrons. The summed E-state index contributed by atoms with van der Waals surface area (Å²) in [6.45, 7) is 0. The van der Waals surface area contributed by atoms with Gasteiger partial charge in [-0.15, -0.1) is 0 Å². The van der Waals surface area contributed by atoms with Crippen molar-refractivity contribution in [2.24, 2.45) is 0 Å². The van der Waals surface area contributed by atoms with Crippen LogP contribution in [-0.2, 0) is 6.18 Å². The van der Waals surface area contributed by atoms with Crippen LogP contribution in [0.5, 0.6) is 0 Å². The van der Waals surface area contributed by atoms with Crippen molar-refractivity contribution in [1.29, 1.82) is 0 Å². The van der Waals surface area contributed by atoms with E-state index in [1.54, 1.807) is 0 Å². The van der Waals surface area contributed by atoms with Gasteiger partial charge in [0.15, 0.2) is 23.2 Å². The maximum atomic E-state index is 13.6. The Hall–Kier alpha value is -3.23. The third-order valence-corrected chi connectivity index (χ3v) is 3.59. The SMILES string of the molecule is O=C(Nc1ccc(F)c(F)c1F)c1ccc(-c2cccc(C(F)(F)F)c2)o1. The molecule has 1 N–H and O–H groups in total. The quantitative estimate of drug-likeness (QED) is 0.469. The number of carbonyl (C=O) groups excluding carboxylic acids is 1. The van der Waals surface area contributed by atoms with E-state index in [-0.39, 0.29) is 17.1 Å². The fourth-order valence-corrected chi connectivity index (χ4v) is 2.27. The van der Waals surface area contributed by atoms with Crippen molar-refractivity contribution in [2.45, 2.75) is 6.18 Å². The lowest BCUT2D eigenvalue weighted by Crippen LogP contribution is -2.13. The first-order valence-corrected chi connectivity index (χ1v) is 7.39. The molecule has 1 aromatic heterocycles. The van der Waals surface area contributed by atoms with E-state index in [4.69, 9.17) is 4.42 Å². The molecule has 3 aromatic rings. The molecule has 3 rings (SSSR count). The van der Waals surface area contributed by atoms with E-state index in [2.05, 4.69) is 0 Å². The van der Waals surface area contributed by atoms with Gasteiger partial charge >= 0.3 is 6.18 Å². The van der Waals surface area contributed by atoms with Crippen molar-refractivity contribution in [2.75, 3.05) is 5.32 Å². The number of carbonyl (C=O) groups is 1. The summed E-state index contributed by atoms with van der Waals surface area (Å²) in [7, 11) is 0. The number of furan rings is 1. The van der Waals surface area contributed by atoms with Gasteiger partial charge in [0.25, 0.3) is 5.91 Å². The van der Waals surface area contributed by atoms with Crippen molar-refractivity contribution in [3.8, 4) is 11.3 Å². The molecular weight excluding hydrogens is 376 g/mol. The Morgan fingerprint density at radius 1 is 0.926 bits per heavy atom. The number of hydrogen-bond donors (Lipinski definition) is 1. The Labute approximate surface area is 148 Å². The minimum Gasteiger partial charge on any atom is -0.451 e. The van der Waals surface area contributed by atoms with Gasteiger partial charge in [0, 0.05) is 5.56 Å². The first-order chi connectivity index (χ1) is 12.7. The zero-order valence-corrected chi connectivity index (χ0v) is 13.2. The van der Waals surface area contributed by atoms with Crippen molar-refractivity contribution < 1.29 is 35.6 Å². The molecule has 0 atom stereocenters. The van der Waals surface area contributed by atoms with Crippen LogP contribution in [0.3, 0.4) is 0 Å². The number of benzene rings is 2. The zero-order chi connectivity index (χ0) is 19.8. The second-order valence-corrected chi connectivity index (χ2v) is 5.42. The Morgan fingerprint density at radius 3 is 2.37 bits per heavy atom. The van der Waals surface area contributed by atoms with E-state index in [0.717, 1.165) is 24.3 Å². The lowest BCUT2D eigenvalue weighted by molar-refractivity contribution is -0.137. The maximum Gasteiger partial charge on any atom is 0.416 e. The molecule has 9 heteroatoms. The van der Waals surface area contributed by atoms with Crippen LogP contribution < -0.4 is 5.32 Å². The summed E-state index contributed by atoms with van der Waals surface area (Å²) in [5, 5.41) is 2.00. The third kappa shape index (κ3) is 3.81. The van der Waals surface area contributed by atoms with E-state index in [1.807, 2.05) is 5.32 Å². The average molecular weight is 385 g/mol. The fourth-order valence-electron chi connectivity index (χ4n) is 2.27. The number of amides is 1. The van der Waals surface area contributed by atoms with Gasteiger partial charge < -0.3 is 9.73 Å². The highest BCUT2D eigenvalue weighted by atomic mass is 19.4. The smallest absolute Gasteiger partial charge is 0.416 e. The Balaban J connectivity index is 1.84. The number of hydrogen-bond acceptors (Lipinski definition) is 2. The van der Waals surface area contributed by atoms with Crippen LogP contribution in [0.4, 0.5) is 32.0 Å². The molecular formula is C18H9F6NO2. The van der Waals surface area contributed by atoms with Gasteiger partial charge in [0.2, 0.25) is 0 Å². The van der Waals surface area contributed by atoms with Crippen molar-refractivity contribution >= 4 is 11.6 Å². The van der Waals surface area contributed by atoms with Gasteiger partial charge in [0.1, 0.15) is 5.76 Å². The average Bonchev–Trinajstić information content (AvgIpc) is 3.12. The largest absolute Gasteiger partial charge is 0.451 e. The molecule has 0 spiro atoms. The molecule has 0 bridgehead atoms. The van der Waals surface area contributed by atoms with Crippen LogP contribution in [0.25, 0.3) is 11.3 Å². The number of anilines is 1. The highest BCUT2D eigenvalue weighted by molar-refractivity contribution is 6.02. The van der Waals surface area contributed by atoms with E-state index < -0.39 is 40.8 Å². The number of rotatable bonds is 3. The first-order valence-electron chi connectivity index (χ1n) is 7.39. The highest BCUT2D eigenvalue weighted by Gasteiger charge is 2.30. The molecule has 1 heterocycles. The van der Waals surface area contributed by atoms with Crippen LogP contribution in [0.15, 0.2) is 52.9 Å². The molecule has 0 unspecified atom stereocenters. The normalized spacial score (nSPS) is 11.5. The van der Waals surface area contributed by atoms with Crippen LogP contribution >= 0.6 is 0 Å². The Kier molecular flexibility index (Phi) is 4.69. The summed E-state index contributed by atoms with van der Waals surface area (Å²) in [5.41, 5.74) is -1.44. The minimum atomic E-state index is -4.55. The molecule has 0 aliphatic carbocycles. The van der Waals surface area contributed by atoms with E-state index in [9.17, 15) is 31.1 Å². The predicted molar refractivity (Wildman–Crippen MR) is 83.4 cm³/mol. The van der Waals surface area contributed by atoms with E-state index in [1.165, 1.54) is 18.2 Å². The van der Waals surface area contributed by atoms with Crippen LogP contribution in [0.2, 0.25) is 0 Å². The maximum absolute atomic E-state index is 13.6. The third-order valence-electron chi connectivity index (χ3n) is 3.59. The monoisotopic (exact) mass is 385 g/mol. The zero-order valence-electron chi connectivity index (χ0n) is 13.2. The lowest BCUT2D eigenvalue weighted by atomic mass is 10.1. The molecule has 0 aliphatic rings. The fraction of sp³-hybridized carbons (Fsp3) is 0.0556. The Morgan fingerprint density at radius 2 is 1.67 bits per heavy atom. The number of nitrogens with one attached hydrogen (secondary N) is 1. The number of halogens is 6. The summed E-state index contributed by atoms with van der Waals surface area (Å²) >= 11 is 0. The van der Waals surface area contributed by atoms with Crippen molar-refractivity contribution in [3.63, 3.8) is 0 Å². The van der Waals surface area contributed by atoms with Gasteiger partial charge in [0.05, 0.1) is 11.3 Å². The molecule has 0 aliphatic heterocycles. The second kappa shape index (κ2) is 6.82. The molecule has 0 fully saturated rings. The van der Waals surface area contributed by atoms with Crippen LogP contribution in [0.1, 0.15) is 16.1 Å². The van der Waals surface area contributed by atoms with Gasteiger partial charge in [-0.2, -0.15) is 13.2 Å². The van der Waals surface area contributed by atoms with Gasteiger partial charge in [-0.3, -0.25) is 4.79 Å². The summed E-state index contributed by atoms with van der Waals surface area (Å²) in [5.74, 6) is -6.14. The van der Waals surface area contributed by atoms with Crippen molar-refractivity contribution in [3.05, 3.63) is 77.3 Å². The molecule has 2 aromatic carbocycles. The molecule has 0 saturated carbocycles.